The first-order valence-electron chi connectivity index (χ1n) is 6.42. The molecule has 0 aliphatic carbocycles. The summed E-state index contributed by atoms with van der Waals surface area (Å²) in [7, 11) is 1.71. The van der Waals surface area contributed by atoms with E-state index < -0.39 is 0 Å². The normalized spacial score (nSPS) is 23.6. The number of aromatic nitrogens is 1. The summed E-state index contributed by atoms with van der Waals surface area (Å²) in [5, 5.41) is 1.82. The maximum Gasteiger partial charge on any atom is 0.273 e. The SMILES string of the molecule is CCC[C@@]1(COC)CCCN1C(=O)c1cscn1. The number of methoxy groups -OCH3 is 1. The molecule has 18 heavy (non-hydrogen) atoms. The van der Waals surface area contributed by atoms with Gasteiger partial charge in [0.1, 0.15) is 5.69 Å². The molecule has 1 aromatic rings. The number of rotatable bonds is 5. The molecular formula is C13H20N2O2S. The number of ether oxygens (including phenoxy) is 1. The zero-order chi connectivity index (χ0) is 13.0. The molecule has 0 aromatic carbocycles. The van der Waals surface area contributed by atoms with Crippen molar-refractivity contribution in [1.29, 1.82) is 0 Å². The lowest BCUT2D eigenvalue weighted by molar-refractivity contribution is 0.0251. The Hall–Kier alpha value is -0.940. The Morgan fingerprint density at radius 2 is 2.50 bits per heavy atom. The summed E-state index contributed by atoms with van der Waals surface area (Å²) in [5.74, 6) is 0.0549. The van der Waals surface area contributed by atoms with Crippen molar-refractivity contribution in [3.63, 3.8) is 0 Å². The maximum atomic E-state index is 12.5. The summed E-state index contributed by atoms with van der Waals surface area (Å²) >= 11 is 1.46. The van der Waals surface area contributed by atoms with Crippen LogP contribution in [0.3, 0.4) is 0 Å². The monoisotopic (exact) mass is 268 g/mol. The van der Waals surface area contributed by atoms with Crippen molar-refractivity contribution in [2.24, 2.45) is 0 Å². The van der Waals surface area contributed by atoms with Gasteiger partial charge < -0.3 is 9.64 Å². The Morgan fingerprint density at radius 1 is 1.67 bits per heavy atom. The van der Waals surface area contributed by atoms with Crippen LogP contribution in [0, 0.1) is 0 Å². The summed E-state index contributed by atoms with van der Waals surface area (Å²) in [4.78, 5) is 18.6. The van der Waals surface area contributed by atoms with Crippen LogP contribution in [0.5, 0.6) is 0 Å². The van der Waals surface area contributed by atoms with Crippen LogP contribution < -0.4 is 0 Å². The maximum absolute atomic E-state index is 12.5. The standard InChI is InChI=1S/C13H20N2O2S/c1-3-5-13(9-17-2)6-4-7-15(13)12(16)11-8-18-10-14-11/h8,10H,3-7,9H2,1-2H3/t13-/m0/s1. The van der Waals surface area contributed by atoms with Crippen molar-refractivity contribution in [3.05, 3.63) is 16.6 Å². The van der Waals surface area contributed by atoms with Gasteiger partial charge in [-0.15, -0.1) is 11.3 Å². The highest BCUT2D eigenvalue weighted by molar-refractivity contribution is 7.07. The second kappa shape index (κ2) is 5.80. The quantitative estimate of drug-likeness (QED) is 0.824. The topological polar surface area (TPSA) is 42.4 Å². The molecule has 0 unspecified atom stereocenters. The van der Waals surface area contributed by atoms with Crippen LogP contribution in [0.15, 0.2) is 10.9 Å². The number of amides is 1. The van der Waals surface area contributed by atoms with E-state index in [4.69, 9.17) is 4.74 Å². The number of carbonyl (C=O) groups is 1. The fourth-order valence-corrected chi connectivity index (χ4v) is 3.45. The van der Waals surface area contributed by atoms with Crippen LogP contribution >= 0.6 is 11.3 Å². The number of nitrogens with zero attached hydrogens (tertiary/aromatic N) is 2. The van der Waals surface area contributed by atoms with Crippen LogP contribution in [-0.2, 0) is 4.74 Å². The van der Waals surface area contributed by atoms with E-state index in [1.165, 1.54) is 11.3 Å². The highest BCUT2D eigenvalue weighted by Crippen LogP contribution is 2.35. The zero-order valence-electron chi connectivity index (χ0n) is 11.0. The number of thiazole rings is 1. The molecule has 1 amide bonds. The number of carbonyl (C=O) groups excluding carboxylic acids is 1. The summed E-state index contributed by atoms with van der Waals surface area (Å²) in [6.45, 7) is 3.59. The van der Waals surface area contributed by atoms with Gasteiger partial charge in [0.05, 0.1) is 17.7 Å². The summed E-state index contributed by atoms with van der Waals surface area (Å²) in [6.07, 6.45) is 4.14. The van der Waals surface area contributed by atoms with Crippen molar-refractivity contribution >= 4 is 17.2 Å². The first-order valence-corrected chi connectivity index (χ1v) is 7.37. The first-order chi connectivity index (χ1) is 8.73. The molecule has 4 nitrogen and oxygen atoms in total. The molecule has 0 bridgehead atoms. The van der Waals surface area contributed by atoms with Crippen molar-refractivity contribution in [3.8, 4) is 0 Å². The smallest absolute Gasteiger partial charge is 0.273 e. The summed E-state index contributed by atoms with van der Waals surface area (Å²) in [6, 6.07) is 0. The predicted octanol–water partition coefficient (Wildman–Crippen LogP) is 2.56. The Balaban J connectivity index is 2.21. The van der Waals surface area contributed by atoms with Crippen LogP contribution in [0.25, 0.3) is 0 Å². The van der Waals surface area contributed by atoms with E-state index in [9.17, 15) is 4.79 Å². The second-order valence-corrected chi connectivity index (χ2v) is 5.56. The number of hydrogen-bond donors (Lipinski definition) is 0. The molecule has 1 atom stereocenters. The molecule has 0 radical (unpaired) electrons. The molecule has 2 heterocycles. The first kappa shape index (κ1) is 13.5. The van der Waals surface area contributed by atoms with Gasteiger partial charge in [0.2, 0.25) is 0 Å². The van der Waals surface area contributed by atoms with Crippen LogP contribution in [-0.4, -0.2) is 41.6 Å². The van der Waals surface area contributed by atoms with Crippen molar-refractivity contribution in [2.45, 2.75) is 38.1 Å². The van der Waals surface area contributed by atoms with E-state index in [1.807, 2.05) is 10.3 Å². The van der Waals surface area contributed by atoms with E-state index in [0.29, 0.717) is 12.3 Å². The van der Waals surface area contributed by atoms with Gasteiger partial charge in [0.15, 0.2) is 0 Å². The minimum atomic E-state index is -0.121. The molecule has 1 aromatic heterocycles. The number of likely N-dealkylation sites (tertiary alicyclic amines) is 1. The van der Waals surface area contributed by atoms with Crippen molar-refractivity contribution in [1.82, 2.24) is 9.88 Å². The fourth-order valence-electron chi connectivity index (χ4n) is 2.93. The average Bonchev–Trinajstić information content (AvgIpc) is 2.98. The largest absolute Gasteiger partial charge is 0.382 e. The zero-order valence-corrected chi connectivity index (χ0v) is 11.8. The molecule has 1 aliphatic heterocycles. The lowest BCUT2D eigenvalue weighted by Crippen LogP contribution is -2.50. The summed E-state index contributed by atoms with van der Waals surface area (Å²) < 4.78 is 5.37. The average molecular weight is 268 g/mol. The van der Waals surface area contributed by atoms with Crippen molar-refractivity contribution < 1.29 is 9.53 Å². The molecule has 0 saturated carbocycles. The van der Waals surface area contributed by atoms with Gasteiger partial charge in [0, 0.05) is 19.0 Å². The van der Waals surface area contributed by atoms with Gasteiger partial charge in [-0.2, -0.15) is 0 Å². The summed E-state index contributed by atoms with van der Waals surface area (Å²) in [5.41, 5.74) is 2.16. The Bertz CT molecular complexity index is 386. The van der Waals surface area contributed by atoms with E-state index >= 15 is 0 Å². The van der Waals surface area contributed by atoms with E-state index in [2.05, 4.69) is 11.9 Å². The lowest BCUT2D eigenvalue weighted by Gasteiger charge is -2.37. The molecule has 0 spiro atoms. The van der Waals surface area contributed by atoms with Gasteiger partial charge in [-0.05, 0) is 19.3 Å². The molecule has 1 fully saturated rings. The van der Waals surface area contributed by atoms with E-state index in [0.717, 1.165) is 32.2 Å². The third-order valence-electron chi connectivity index (χ3n) is 3.62. The third-order valence-corrected chi connectivity index (χ3v) is 4.21. The molecule has 5 heteroatoms. The third kappa shape index (κ3) is 2.42. The van der Waals surface area contributed by atoms with Crippen LogP contribution in [0.2, 0.25) is 0 Å². The Labute approximate surface area is 112 Å². The van der Waals surface area contributed by atoms with E-state index in [-0.39, 0.29) is 11.4 Å². The van der Waals surface area contributed by atoms with Crippen LogP contribution in [0.4, 0.5) is 0 Å². The van der Waals surface area contributed by atoms with Gasteiger partial charge in [0.25, 0.3) is 5.91 Å². The molecule has 100 valence electrons. The number of hydrogen-bond acceptors (Lipinski definition) is 4. The molecule has 1 saturated heterocycles. The van der Waals surface area contributed by atoms with Gasteiger partial charge in [-0.3, -0.25) is 4.79 Å². The van der Waals surface area contributed by atoms with Gasteiger partial charge in [-0.25, -0.2) is 4.98 Å². The van der Waals surface area contributed by atoms with Crippen LogP contribution in [0.1, 0.15) is 43.1 Å². The van der Waals surface area contributed by atoms with Gasteiger partial charge >= 0.3 is 0 Å². The minimum Gasteiger partial charge on any atom is -0.382 e. The Morgan fingerprint density at radius 3 is 3.11 bits per heavy atom. The molecule has 1 aliphatic rings. The van der Waals surface area contributed by atoms with E-state index in [1.54, 1.807) is 12.6 Å². The molecular weight excluding hydrogens is 248 g/mol. The lowest BCUT2D eigenvalue weighted by atomic mass is 9.91. The molecule has 2 rings (SSSR count). The predicted molar refractivity (Wildman–Crippen MR) is 71.9 cm³/mol. The highest BCUT2D eigenvalue weighted by atomic mass is 32.1. The Kier molecular flexibility index (Phi) is 4.35. The molecule has 0 N–H and O–H groups in total. The second-order valence-electron chi connectivity index (χ2n) is 4.84. The minimum absolute atomic E-state index is 0.0549. The fraction of sp³-hybridized carbons (Fsp3) is 0.692. The van der Waals surface area contributed by atoms with Crippen molar-refractivity contribution in [2.75, 3.05) is 20.3 Å². The highest BCUT2D eigenvalue weighted by Gasteiger charge is 2.43. The van der Waals surface area contributed by atoms with Gasteiger partial charge in [-0.1, -0.05) is 13.3 Å².